The molecule has 1 amide bonds. The Morgan fingerprint density at radius 3 is 2.68 bits per heavy atom. The summed E-state index contributed by atoms with van der Waals surface area (Å²) in [5.41, 5.74) is 1.01. The lowest BCUT2D eigenvalue weighted by Gasteiger charge is -2.06. The molecule has 0 saturated heterocycles. The number of benzene rings is 1. The summed E-state index contributed by atoms with van der Waals surface area (Å²) in [6.07, 6.45) is 2.25. The van der Waals surface area contributed by atoms with Gasteiger partial charge in [-0.1, -0.05) is 0 Å². The lowest BCUT2D eigenvalue weighted by molar-refractivity contribution is 0.102. The van der Waals surface area contributed by atoms with Crippen LogP contribution in [-0.4, -0.2) is 25.9 Å². The molecular weight excluding hydrogens is 325 g/mol. The predicted octanol–water partition coefficient (Wildman–Crippen LogP) is 2.22. The van der Waals surface area contributed by atoms with Crippen molar-refractivity contribution < 1.29 is 9.18 Å². The van der Waals surface area contributed by atoms with Gasteiger partial charge in [0.15, 0.2) is 5.82 Å². The monoisotopic (exact) mass is 339 g/mol. The first kappa shape index (κ1) is 15.3. The fourth-order valence-electron chi connectivity index (χ4n) is 2.48. The topological polar surface area (TPSA) is 92.7 Å². The molecular formula is C17H14FN5O2. The van der Waals surface area contributed by atoms with Crippen molar-refractivity contribution in [3.8, 4) is 5.69 Å². The Hall–Kier alpha value is -3.29. The normalized spacial score (nSPS) is 13.6. The number of hydrogen-bond donors (Lipinski definition) is 2. The van der Waals surface area contributed by atoms with Crippen LogP contribution in [0.1, 0.15) is 34.9 Å². The van der Waals surface area contributed by atoms with Crippen molar-refractivity contribution in [1.82, 2.24) is 20.0 Å². The number of rotatable bonds is 4. The number of nitrogens with zero attached hydrogens (tertiary/aromatic N) is 3. The zero-order valence-electron chi connectivity index (χ0n) is 13.1. The fourth-order valence-corrected chi connectivity index (χ4v) is 2.48. The maximum absolute atomic E-state index is 13.0. The molecule has 0 aliphatic heterocycles. The third-order valence-electron chi connectivity index (χ3n) is 3.96. The molecule has 2 N–H and O–H groups in total. The van der Waals surface area contributed by atoms with Crippen LogP contribution < -0.4 is 10.9 Å². The van der Waals surface area contributed by atoms with Crippen molar-refractivity contribution >= 4 is 11.7 Å². The zero-order chi connectivity index (χ0) is 17.4. The predicted molar refractivity (Wildman–Crippen MR) is 88.3 cm³/mol. The van der Waals surface area contributed by atoms with Crippen molar-refractivity contribution in [2.45, 2.75) is 18.8 Å². The summed E-state index contributed by atoms with van der Waals surface area (Å²) in [6.45, 7) is 0. The van der Waals surface area contributed by atoms with Crippen LogP contribution in [0.4, 0.5) is 10.2 Å². The first-order chi connectivity index (χ1) is 12.1. The molecule has 126 valence electrons. The first-order valence-corrected chi connectivity index (χ1v) is 7.83. The van der Waals surface area contributed by atoms with Crippen LogP contribution in [-0.2, 0) is 0 Å². The van der Waals surface area contributed by atoms with E-state index in [1.807, 2.05) is 0 Å². The van der Waals surface area contributed by atoms with Crippen LogP contribution >= 0.6 is 0 Å². The Balaban J connectivity index is 1.58. The molecule has 1 aliphatic rings. The molecule has 3 aromatic rings. The molecule has 1 saturated carbocycles. The van der Waals surface area contributed by atoms with E-state index < -0.39 is 17.3 Å². The van der Waals surface area contributed by atoms with Crippen LogP contribution in [0.15, 0.2) is 47.3 Å². The minimum atomic E-state index is -0.482. The van der Waals surface area contributed by atoms with E-state index in [1.165, 1.54) is 36.4 Å². The second kappa shape index (κ2) is 5.97. The molecule has 2 heterocycles. The van der Waals surface area contributed by atoms with Crippen LogP contribution in [0.3, 0.4) is 0 Å². The SMILES string of the molecule is O=C(Nc1cc(C2CC2)[nH]n1)c1ccc(=O)n(-c2ccc(F)cc2)n1. The summed E-state index contributed by atoms with van der Waals surface area (Å²) in [4.78, 5) is 24.3. The number of carbonyl (C=O) groups excluding carboxylic acids is 1. The molecule has 4 rings (SSSR count). The highest BCUT2D eigenvalue weighted by molar-refractivity contribution is 6.02. The van der Waals surface area contributed by atoms with Gasteiger partial charge in [-0.15, -0.1) is 0 Å². The minimum absolute atomic E-state index is 0.0555. The van der Waals surface area contributed by atoms with Crippen molar-refractivity contribution in [3.63, 3.8) is 0 Å². The molecule has 0 bridgehead atoms. The van der Waals surface area contributed by atoms with E-state index >= 15 is 0 Å². The van der Waals surface area contributed by atoms with E-state index in [-0.39, 0.29) is 5.69 Å². The lowest BCUT2D eigenvalue weighted by Crippen LogP contribution is -2.25. The number of aromatic amines is 1. The summed E-state index contributed by atoms with van der Waals surface area (Å²) in [7, 11) is 0. The van der Waals surface area contributed by atoms with Crippen LogP contribution in [0, 0.1) is 5.82 Å². The van der Waals surface area contributed by atoms with Gasteiger partial charge in [-0.05, 0) is 43.2 Å². The van der Waals surface area contributed by atoms with E-state index in [1.54, 1.807) is 6.07 Å². The van der Waals surface area contributed by atoms with Gasteiger partial charge >= 0.3 is 0 Å². The van der Waals surface area contributed by atoms with E-state index in [9.17, 15) is 14.0 Å². The maximum atomic E-state index is 13.0. The molecule has 1 fully saturated rings. The Morgan fingerprint density at radius 1 is 1.20 bits per heavy atom. The fraction of sp³-hybridized carbons (Fsp3) is 0.176. The second-order valence-corrected chi connectivity index (χ2v) is 5.88. The molecule has 8 heteroatoms. The van der Waals surface area contributed by atoms with E-state index in [0.717, 1.165) is 23.2 Å². The highest BCUT2D eigenvalue weighted by Crippen LogP contribution is 2.39. The summed E-state index contributed by atoms with van der Waals surface area (Å²) < 4.78 is 14.1. The summed E-state index contributed by atoms with van der Waals surface area (Å²) in [5, 5.41) is 13.7. The summed E-state index contributed by atoms with van der Waals surface area (Å²) in [5.74, 6) is 0.00490. The number of halogens is 1. The molecule has 1 aromatic carbocycles. The number of aromatic nitrogens is 4. The highest BCUT2D eigenvalue weighted by Gasteiger charge is 2.25. The summed E-state index contributed by atoms with van der Waals surface area (Å²) in [6, 6.07) is 9.66. The Kier molecular flexibility index (Phi) is 3.64. The van der Waals surface area contributed by atoms with Gasteiger partial charge in [0.25, 0.3) is 11.5 Å². The lowest BCUT2D eigenvalue weighted by atomic mass is 10.3. The third kappa shape index (κ3) is 3.18. The van der Waals surface area contributed by atoms with Gasteiger partial charge in [0.05, 0.1) is 5.69 Å². The van der Waals surface area contributed by atoms with Gasteiger partial charge in [0.2, 0.25) is 0 Å². The molecule has 0 unspecified atom stereocenters. The van der Waals surface area contributed by atoms with Gasteiger partial charge < -0.3 is 5.32 Å². The van der Waals surface area contributed by atoms with Gasteiger partial charge in [0.1, 0.15) is 11.5 Å². The molecule has 0 radical (unpaired) electrons. The third-order valence-corrected chi connectivity index (χ3v) is 3.96. The van der Waals surface area contributed by atoms with Gasteiger partial charge in [-0.2, -0.15) is 14.9 Å². The number of H-pyrrole nitrogens is 1. The van der Waals surface area contributed by atoms with Gasteiger partial charge in [-0.3, -0.25) is 14.7 Å². The minimum Gasteiger partial charge on any atom is -0.304 e. The van der Waals surface area contributed by atoms with E-state index in [2.05, 4.69) is 20.6 Å². The van der Waals surface area contributed by atoms with Crippen molar-refractivity contribution in [3.05, 3.63) is 70.0 Å². The first-order valence-electron chi connectivity index (χ1n) is 7.83. The number of anilines is 1. The second-order valence-electron chi connectivity index (χ2n) is 5.88. The van der Waals surface area contributed by atoms with E-state index in [4.69, 9.17) is 0 Å². The smallest absolute Gasteiger partial charge is 0.277 e. The van der Waals surface area contributed by atoms with Crippen molar-refractivity contribution in [1.29, 1.82) is 0 Å². The van der Waals surface area contributed by atoms with Gasteiger partial charge in [-0.25, -0.2) is 4.39 Å². The number of hydrogen-bond acceptors (Lipinski definition) is 4. The molecule has 0 spiro atoms. The quantitative estimate of drug-likeness (QED) is 0.762. The maximum Gasteiger partial charge on any atom is 0.277 e. The Morgan fingerprint density at radius 2 is 1.96 bits per heavy atom. The average molecular weight is 339 g/mol. The van der Waals surface area contributed by atoms with E-state index in [0.29, 0.717) is 17.4 Å². The summed E-state index contributed by atoms with van der Waals surface area (Å²) >= 11 is 0. The Bertz CT molecular complexity index is 989. The molecule has 0 atom stereocenters. The van der Waals surface area contributed by atoms with Crippen LogP contribution in [0.25, 0.3) is 5.69 Å². The highest BCUT2D eigenvalue weighted by atomic mass is 19.1. The van der Waals surface area contributed by atoms with Crippen molar-refractivity contribution in [2.24, 2.45) is 0 Å². The van der Waals surface area contributed by atoms with Crippen molar-refractivity contribution in [2.75, 3.05) is 5.32 Å². The number of amides is 1. The largest absolute Gasteiger partial charge is 0.304 e. The molecule has 7 nitrogen and oxygen atoms in total. The van der Waals surface area contributed by atoms with Gasteiger partial charge in [0, 0.05) is 23.7 Å². The van der Waals surface area contributed by atoms with Crippen LogP contribution in [0.2, 0.25) is 0 Å². The molecule has 2 aromatic heterocycles. The number of nitrogens with one attached hydrogen (secondary N) is 2. The Labute approximate surface area is 141 Å². The molecule has 1 aliphatic carbocycles. The zero-order valence-corrected chi connectivity index (χ0v) is 13.1. The standard InChI is InChI=1S/C17H14FN5O2/c18-11-3-5-12(6-4-11)23-16(24)8-7-13(22-23)17(25)19-15-9-14(20-21-15)10-1-2-10/h3-10H,1-2H2,(H2,19,20,21,25). The molecule has 25 heavy (non-hydrogen) atoms. The average Bonchev–Trinajstić information content (AvgIpc) is 3.36. The van der Waals surface area contributed by atoms with Crippen LogP contribution in [0.5, 0.6) is 0 Å². The number of carbonyl (C=O) groups is 1.